The van der Waals surface area contributed by atoms with Gasteiger partial charge in [0.05, 0.1) is 7.11 Å². The number of carbonyl (C=O) groups is 1. The van der Waals surface area contributed by atoms with Gasteiger partial charge in [-0.1, -0.05) is 6.07 Å². The Bertz CT molecular complexity index is 803. The largest absolute Gasteiger partial charge is 0.497 e. The molecule has 1 unspecified atom stereocenters. The highest BCUT2D eigenvalue weighted by Gasteiger charge is 2.70. The molecule has 4 atom stereocenters. The summed E-state index contributed by atoms with van der Waals surface area (Å²) in [5.41, 5.74) is 3.77. The highest BCUT2D eigenvalue weighted by Crippen LogP contribution is 2.68. The first-order valence-electron chi connectivity index (χ1n) is 10.2. The Labute approximate surface area is 155 Å². The summed E-state index contributed by atoms with van der Waals surface area (Å²) in [7, 11) is 4.06. The second kappa shape index (κ2) is 4.83. The number of nitrogens with zero attached hydrogens (tertiary/aromatic N) is 2. The topological polar surface area (TPSA) is 32.8 Å². The van der Waals surface area contributed by atoms with Crippen molar-refractivity contribution in [3.63, 3.8) is 0 Å². The zero-order valence-corrected chi connectivity index (χ0v) is 15.8. The number of fused-ring (bicyclic) bond motifs is 2. The molecule has 2 aliphatic heterocycles. The number of likely N-dealkylation sites (tertiary alicyclic amines) is 2. The minimum Gasteiger partial charge on any atom is -0.497 e. The average Bonchev–Trinajstić information content (AvgIpc) is 3.45. The lowest BCUT2D eigenvalue weighted by atomic mass is 9.61. The van der Waals surface area contributed by atoms with Crippen LogP contribution in [0.3, 0.4) is 0 Å². The van der Waals surface area contributed by atoms with E-state index < -0.39 is 0 Å². The molecule has 5 aliphatic rings. The fraction of sp³-hybridized carbons (Fsp3) is 0.682. The van der Waals surface area contributed by atoms with Crippen molar-refractivity contribution in [1.82, 2.24) is 9.80 Å². The Kier molecular flexibility index (Phi) is 2.88. The van der Waals surface area contributed by atoms with Crippen LogP contribution in [0.25, 0.3) is 0 Å². The summed E-state index contributed by atoms with van der Waals surface area (Å²) in [6.45, 7) is 3.12. The van der Waals surface area contributed by atoms with Crippen molar-refractivity contribution >= 4 is 5.91 Å². The molecule has 4 fully saturated rings. The van der Waals surface area contributed by atoms with E-state index in [-0.39, 0.29) is 5.41 Å². The molecule has 0 N–H and O–H groups in total. The molecule has 6 rings (SSSR count). The molecule has 138 valence electrons. The van der Waals surface area contributed by atoms with Crippen LogP contribution in [0.5, 0.6) is 5.75 Å². The van der Waals surface area contributed by atoms with Gasteiger partial charge >= 0.3 is 0 Å². The Morgan fingerprint density at radius 2 is 2.15 bits per heavy atom. The van der Waals surface area contributed by atoms with E-state index in [9.17, 15) is 4.79 Å². The van der Waals surface area contributed by atoms with Gasteiger partial charge in [0.2, 0.25) is 5.91 Å². The van der Waals surface area contributed by atoms with E-state index in [1.807, 2.05) is 0 Å². The van der Waals surface area contributed by atoms with Crippen molar-refractivity contribution in [2.24, 2.45) is 17.3 Å². The van der Waals surface area contributed by atoms with Gasteiger partial charge in [-0.3, -0.25) is 4.79 Å². The number of ether oxygens (including phenoxy) is 1. The summed E-state index contributed by atoms with van der Waals surface area (Å²) in [5, 5.41) is 0. The number of hydrogen-bond acceptors (Lipinski definition) is 3. The second-order valence-electron chi connectivity index (χ2n) is 9.67. The molecule has 2 saturated heterocycles. The molecule has 0 aromatic heterocycles. The van der Waals surface area contributed by atoms with Crippen LogP contribution in [0.4, 0.5) is 0 Å². The molecule has 4 heteroatoms. The monoisotopic (exact) mass is 352 g/mol. The predicted octanol–water partition coefficient (Wildman–Crippen LogP) is 2.45. The van der Waals surface area contributed by atoms with Crippen molar-refractivity contribution in [3.05, 3.63) is 29.3 Å². The molecule has 1 aromatic carbocycles. The lowest BCUT2D eigenvalue weighted by Gasteiger charge is -2.55. The molecule has 2 spiro atoms. The molecule has 2 bridgehead atoms. The third-order valence-corrected chi connectivity index (χ3v) is 8.30. The second-order valence-corrected chi connectivity index (χ2v) is 9.67. The standard InChI is InChI=1S/C22H28N2O2/c1-23-13-21-10-15-5-6-16(26-2)9-17(15)22(12-21)7-8-24(11-18(22)19(21)23)20(25)14-3-4-14/h5-6,9,14,18-19H,3-4,7-8,10-13H2,1-2H3/t18-,19-,21?,22-/m0/s1. The Balaban J connectivity index is 1.44. The lowest BCUT2D eigenvalue weighted by molar-refractivity contribution is -0.136. The fourth-order valence-electron chi connectivity index (χ4n) is 7.33. The number of benzene rings is 1. The van der Waals surface area contributed by atoms with Crippen LogP contribution in [0.15, 0.2) is 18.2 Å². The highest BCUT2D eigenvalue weighted by atomic mass is 16.5. The van der Waals surface area contributed by atoms with Gasteiger partial charge in [-0.15, -0.1) is 0 Å². The van der Waals surface area contributed by atoms with E-state index in [2.05, 4.69) is 35.0 Å². The van der Waals surface area contributed by atoms with Crippen molar-refractivity contribution < 1.29 is 9.53 Å². The highest BCUT2D eigenvalue weighted by molar-refractivity contribution is 5.81. The summed E-state index contributed by atoms with van der Waals surface area (Å²) in [6, 6.07) is 7.40. The van der Waals surface area contributed by atoms with Gasteiger partial charge in [0, 0.05) is 48.3 Å². The number of amides is 1. The Hall–Kier alpha value is -1.55. The first kappa shape index (κ1) is 15.5. The van der Waals surface area contributed by atoms with Crippen LogP contribution in [-0.2, 0) is 16.6 Å². The maximum atomic E-state index is 12.8. The first-order chi connectivity index (χ1) is 12.6. The minimum absolute atomic E-state index is 0.248. The third-order valence-electron chi connectivity index (χ3n) is 8.30. The molecule has 1 aromatic rings. The minimum atomic E-state index is 0.248. The van der Waals surface area contributed by atoms with Gasteiger partial charge in [0.1, 0.15) is 5.75 Å². The van der Waals surface area contributed by atoms with E-state index in [0.29, 0.717) is 29.2 Å². The quantitative estimate of drug-likeness (QED) is 0.820. The van der Waals surface area contributed by atoms with Crippen LogP contribution in [-0.4, -0.2) is 55.5 Å². The molecule has 2 saturated carbocycles. The van der Waals surface area contributed by atoms with Crippen molar-refractivity contribution in [2.45, 2.75) is 43.6 Å². The zero-order valence-electron chi connectivity index (χ0n) is 15.8. The third kappa shape index (κ3) is 1.77. The number of carbonyl (C=O) groups excluding carboxylic acids is 1. The summed E-state index contributed by atoms with van der Waals surface area (Å²) < 4.78 is 5.58. The molecule has 1 amide bonds. The van der Waals surface area contributed by atoms with Gasteiger partial charge in [0.15, 0.2) is 0 Å². The van der Waals surface area contributed by atoms with E-state index in [1.165, 1.54) is 24.9 Å². The maximum Gasteiger partial charge on any atom is 0.225 e. The van der Waals surface area contributed by atoms with Crippen LogP contribution in [0.1, 0.15) is 36.8 Å². The molecular formula is C22H28N2O2. The first-order valence-corrected chi connectivity index (χ1v) is 10.2. The summed E-state index contributed by atoms with van der Waals surface area (Å²) in [4.78, 5) is 17.5. The summed E-state index contributed by atoms with van der Waals surface area (Å²) >= 11 is 0. The van der Waals surface area contributed by atoms with E-state index in [1.54, 1.807) is 12.7 Å². The van der Waals surface area contributed by atoms with Crippen LogP contribution in [0, 0.1) is 17.3 Å². The summed E-state index contributed by atoms with van der Waals surface area (Å²) in [5.74, 6) is 2.33. The smallest absolute Gasteiger partial charge is 0.225 e. The van der Waals surface area contributed by atoms with E-state index in [4.69, 9.17) is 4.74 Å². The van der Waals surface area contributed by atoms with Gasteiger partial charge in [-0.25, -0.2) is 0 Å². The van der Waals surface area contributed by atoms with Crippen molar-refractivity contribution in [2.75, 3.05) is 33.8 Å². The number of methoxy groups -OCH3 is 1. The van der Waals surface area contributed by atoms with Crippen LogP contribution in [0.2, 0.25) is 0 Å². The van der Waals surface area contributed by atoms with Crippen LogP contribution >= 0.6 is 0 Å². The zero-order chi connectivity index (χ0) is 17.7. The molecular weight excluding hydrogens is 324 g/mol. The molecule has 3 aliphatic carbocycles. The number of piperidine rings is 1. The van der Waals surface area contributed by atoms with E-state index >= 15 is 0 Å². The Morgan fingerprint density at radius 1 is 1.31 bits per heavy atom. The van der Waals surface area contributed by atoms with Gasteiger partial charge in [-0.2, -0.15) is 0 Å². The summed E-state index contributed by atoms with van der Waals surface area (Å²) in [6.07, 6.45) is 5.86. The maximum absolute atomic E-state index is 12.8. The number of rotatable bonds is 2. The fourth-order valence-corrected chi connectivity index (χ4v) is 7.33. The SMILES string of the molecule is COc1ccc2c(c1)[C@@]13CCN(C(=O)C4CC4)C[C@H]1[C@@H]1N(C)CC1(C2)C3. The van der Waals surface area contributed by atoms with Gasteiger partial charge in [-0.05, 0) is 62.4 Å². The van der Waals surface area contributed by atoms with E-state index in [0.717, 1.165) is 38.1 Å². The van der Waals surface area contributed by atoms with Gasteiger partial charge in [0.25, 0.3) is 0 Å². The van der Waals surface area contributed by atoms with Crippen molar-refractivity contribution in [3.8, 4) is 5.75 Å². The lowest BCUT2D eigenvalue weighted by Crippen LogP contribution is -2.64. The molecule has 0 radical (unpaired) electrons. The molecule has 2 heterocycles. The normalized spacial score (nSPS) is 40.3. The van der Waals surface area contributed by atoms with Crippen LogP contribution < -0.4 is 4.74 Å². The van der Waals surface area contributed by atoms with Gasteiger partial charge < -0.3 is 14.5 Å². The Morgan fingerprint density at radius 3 is 2.88 bits per heavy atom. The van der Waals surface area contributed by atoms with Crippen molar-refractivity contribution in [1.29, 1.82) is 0 Å². The predicted molar refractivity (Wildman–Crippen MR) is 99.3 cm³/mol. The number of hydrogen-bond donors (Lipinski definition) is 0. The average molecular weight is 352 g/mol. The molecule has 26 heavy (non-hydrogen) atoms. The molecule has 4 nitrogen and oxygen atoms in total.